The van der Waals surface area contributed by atoms with Gasteiger partial charge in [0.05, 0.1) is 15.4 Å². The molecule has 1 unspecified atom stereocenters. The van der Waals surface area contributed by atoms with E-state index in [-0.39, 0.29) is 30.0 Å². The summed E-state index contributed by atoms with van der Waals surface area (Å²) in [6.07, 6.45) is 0.269. The maximum atomic E-state index is 11.2. The van der Waals surface area contributed by atoms with Gasteiger partial charge in [0.1, 0.15) is 5.78 Å². The van der Waals surface area contributed by atoms with Gasteiger partial charge < -0.3 is 4.52 Å². The summed E-state index contributed by atoms with van der Waals surface area (Å²) < 4.78 is 4.42. The highest BCUT2D eigenvalue weighted by molar-refractivity contribution is 7.10. The van der Waals surface area contributed by atoms with Gasteiger partial charge in [-0.3, -0.25) is 9.59 Å². The fourth-order valence-corrected chi connectivity index (χ4v) is 0.969. The van der Waals surface area contributed by atoms with Gasteiger partial charge in [0.15, 0.2) is 0 Å². The molecule has 0 heterocycles. The van der Waals surface area contributed by atoms with Crippen LogP contribution in [0.15, 0.2) is 0 Å². The Morgan fingerprint density at radius 3 is 2.17 bits per heavy atom. The number of ketones is 1. The van der Waals surface area contributed by atoms with E-state index in [9.17, 15) is 9.59 Å². The molecule has 0 radical (unpaired) electrons. The smallest absolute Gasteiger partial charge is 0.311 e. The first-order chi connectivity index (χ1) is 5.49. The molecule has 0 N–H and O–H groups in total. The molecule has 0 rings (SSSR count). The number of rotatable bonds is 4. The Hall–Kier alpha value is -0.430. The number of carbonyl (C=O) groups excluding carboxylic acids is 2. The summed E-state index contributed by atoms with van der Waals surface area (Å²) in [6, 6.07) is 0. The molecule has 70 valence electrons. The lowest BCUT2D eigenvalue weighted by Crippen LogP contribution is -2.18. The van der Waals surface area contributed by atoms with Gasteiger partial charge in [-0.15, -0.1) is 0 Å². The van der Waals surface area contributed by atoms with Gasteiger partial charge >= 0.3 is 5.97 Å². The van der Waals surface area contributed by atoms with Crippen molar-refractivity contribution in [1.82, 2.24) is 0 Å². The van der Waals surface area contributed by atoms with E-state index < -0.39 is 0 Å². The Bertz CT molecular complexity index is 177. The maximum Gasteiger partial charge on any atom is 0.311 e. The zero-order valence-corrected chi connectivity index (χ0v) is 8.82. The normalized spacial score (nSPS) is 12.8. The highest BCUT2D eigenvalue weighted by Crippen LogP contribution is 2.10. The van der Waals surface area contributed by atoms with Gasteiger partial charge in [-0.2, -0.15) is 0 Å². The van der Waals surface area contributed by atoms with Crippen LogP contribution in [0.5, 0.6) is 0 Å². The molecule has 0 bridgehead atoms. The minimum atomic E-state index is -0.353. The van der Waals surface area contributed by atoms with Gasteiger partial charge in [0.25, 0.3) is 0 Å². The van der Waals surface area contributed by atoms with Crippen molar-refractivity contribution in [3.63, 3.8) is 0 Å². The summed E-state index contributed by atoms with van der Waals surface area (Å²) in [4.78, 5) is 22.0. The summed E-state index contributed by atoms with van der Waals surface area (Å²) in [7, 11) is 1.89. The third kappa shape index (κ3) is 3.82. The van der Waals surface area contributed by atoms with Crippen molar-refractivity contribution in [2.45, 2.75) is 27.2 Å². The quantitative estimate of drug-likeness (QED) is 0.632. The lowest BCUT2D eigenvalue weighted by Gasteiger charge is -2.09. The fraction of sp³-hybridized carbons (Fsp3) is 0.750. The van der Waals surface area contributed by atoms with Crippen molar-refractivity contribution in [2.24, 2.45) is 11.8 Å². The molecule has 12 heavy (non-hydrogen) atoms. The Kier molecular flexibility index (Phi) is 5.07. The summed E-state index contributed by atoms with van der Waals surface area (Å²) in [5, 5.41) is 0. The van der Waals surface area contributed by atoms with E-state index in [4.69, 9.17) is 0 Å². The van der Waals surface area contributed by atoms with Crippen LogP contribution in [-0.2, 0) is 14.1 Å². The molecule has 0 aliphatic carbocycles. The maximum absolute atomic E-state index is 11.2. The summed E-state index contributed by atoms with van der Waals surface area (Å²) in [5.41, 5.74) is 0. The summed E-state index contributed by atoms with van der Waals surface area (Å²) in [6.45, 7) is 5.33. The van der Waals surface area contributed by atoms with Crippen molar-refractivity contribution in [2.75, 3.05) is 0 Å². The standard InChI is InChI=1S/C8H15O3P/c1-5(2)7(9)4-6(3)8(10)11-12/h5-6H,4,12H2,1-3H3/t6-/m1/s1. The van der Waals surface area contributed by atoms with E-state index in [0.29, 0.717) is 0 Å². The SMILES string of the molecule is CC(C)C(=O)C[C@@H](C)C(=O)OP. The molecule has 4 heteroatoms. The van der Waals surface area contributed by atoms with E-state index in [1.807, 2.05) is 23.3 Å². The zero-order chi connectivity index (χ0) is 9.72. The van der Waals surface area contributed by atoms with Crippen LogP contribution >= 0.6 is 9.47 Å². The third-order valence-electron chi connectivity index (χ3n) is 1.67. The molecular formula is C8H15O3P. The third-order valence-corrected chi connectivity index (χ3v) is 1.90. The van der Waals surface area contributed by atoms with Crippen LogP contribution < -0.4 is 0 Å². The second kappa shape index (κ2) is 5.26. The number of Topliss-reactive ketones (excluding diaryl/α,β-unsaturated/α-hetero) is 1. The summed E-state index contributed by atoms with van der Waals surface area (Å²) >= 11 is 0. The molecule has 0 fully saturated rings. The van der Waals surface area contributed by atoms with Gasteiger partial charge in [-0.25, -0.2) is 0 Å². The van der Waals surface area contributed by atoms with E-state index in [1.165, 1.54) is 0 Å². The Morgan fingerprint density at radius 1 is 1.33 bits per heavy atom. The minimum Gasteiger partial charge on any atom is -0.451 e. The molecular weight excluding hydrogens is 175 g/mol. The van der Waals surface area contributed by atoms with Crippen LogP contribution in [-0.4, -0.2) is 11.8 Å². The highest BCUT2D eigenvalue weighted by atomic mass is 31.0. The molecule has 0 saturated carbocycles. The van der Waals surface area contributed by atoms with Gasteiger partial charge in [0.2, 0.25) is 0 Å². The van der Waals surface area contributed by atoms with Crippen molar-refractivity contribution in [1.29, 1.82) is 0 Å². The van der Waals surface area contributed by atoms with Crippen LogP contribution in [0, 0.1) is 11.8 Å². The van der Waals surface area contributed by atoms with E-state index in [2.05, 4.69) is 4.52 Å². The first kappa shape index (κ1) is 11.6. The van der Waals surface area contributed by atoms with Crippen molar-refractivity contribution in [3.05, 3.63) is 0 Å². The molecule has 0 aliphatic heterocycles. The summed E-state index contributed by atoms with van der Waals surface area (Å²) in [5.74, 6) is -0.603. The van der Waals surface area contributed by atoms with E-state index in [0.717, 1.165) is 0 Å². The van der Waals surface area contributed by atoms with Crippen LogP contribution in [0.1, 0.15) is 27.2 Å². The Morgan fingerprint density at radius 2 is 1.83 bits per heavy atom. The second-order valence-electron chi connectivity index (χ2n) is 3.16. The number of carbonyl (C=O) groups is 2. The lowest BCUT2D eigenvalue weighted by molar-refractivity contribution is -0.139. The molecule has 0 aliphatic rings. The molecule has 3 nitrogen and oxygen atoms in total. The average molecular weight is 190 g/mol. The Balaban J connectivity index is 3.92. The second-order valence-corrected chi connectivity index (χ2v) is 3.40. The molecule has 0 aromatic rings. The first-order valence-corrected chi connectivity index (χ1v) is 4.39. The lowest BCUT2D eigenvalue weighted by atomic mass is 9.98. The zero-order valence-electron chi connectivity index (χ0n) is 7.66. The van der Waals surface area contributed by atoms with Crippen LogP contribution in [0.25, 0.3) is 0 Å². The van der Waals surface area contributed by atoms with Gasteiger partial charge in [-0.05, 0) is 0 Å². The van der Waals surface area contributed by atoms with Crippen LogP contribution in [0.2, 0.25) is 0 Å². The fourth-order valence-electron chi connectivity index (χ4n) is 0.737. The van der Waals surface area contributed by atoms with Crippen LogP contribution in [0.3, 0.4) is 0 Å². The predicted octanol–water partition coefficient (Wildman–Crippen LogP) is 1.57. The topological polar surface area (TPSA) is 43.4 Å². The predicted molar refractivity (Wildman–Crippen MR) is 49.4 cm³/mol. The van der Waals surface area contributed by atoms with E-state index in [1.54, 1.807) is 6.92 Å². The largest absolute Gasteiger partial charge is 0.451 e. The van der Waals surface area contributed by atoms with Gasteiger partial charge in [-0.1, -0.05) is 20.8 Å². The van der Waals surface area contributed by atoms with Crippen molar-refractivity contribution in [3.8, 4) is 0 Å². The molecule has 0 aromatic carbocycles. The van der Waals surface area contributed by atoms with Crippen LogP contribution in [0.4, 0.5) is 0 Å². The highest BCUT2D eigenvalue weighted by Gasteiger charge is 2.18. The molecule has 0 spiro atoms. The Labute approximate surface area is 75.1 Å². The molecule has 2 atom stereocenters. The number of hydrogen-bond acceptors (Lipinski definition) is 3. The molecule has 0 amide bonds. The average Bonchev–Trinajstić information content (AvgIpc) is 2.02. The van der Waals surface area contributed by atoms with Crippen molar-refractivity contribution >= 4 is 21.2 Å². The number of hydrogen-bond donors (Lipinski definition) is 0. The monoisotopic (exact) mass is 190 g/mol. The molecule has 0 saturated heterocycles. The first-order valence-electron chi connectivity index (χ1n) is 3.92. The minimum absolute atomic E-state index is 0.00948. The van der Waals surface area contributed by atoms with Gasteiger partial charge in [0, 0.05) is 12.3 Å². The molecule has 0 aromatic heterocycles. The van der Waals surface area contributed by atoms with Crippen molar-refractivity contribution < 1.29 is 14.1 Å². The van der Waals surface area contributed by atoms with E-state index >= 15 is 0 Å².